The molecule has 2 rings (SSSR count). The van der Waals surface area contributed by atoms with Gasteiger partial charge < -0.3 is 11.1 Å². The van der Waals surface area contributed by atoms with Crippen molar-refractivity contribution in [1.29, 1.82) is 0 Å². The van der Waals surface area contributed by atoms with E-state index in [4.69, 9.17) is 5.73 Å². The summed E-state index contributed by atoms with van der Waals surface area (Å²) in [5.74, 6) is 0.0638. The van der Waals surface area contributed by atoms with E-state index in [2.05, 4.69) is 17.1 Å². The Labute approximate surface area is 121 Å². The normalized spacial score (nSPS) is 14.6. The summed E-state index contributed by atoms with van der Waals surface area (Å²) in [4.78, 5) is 14.5. The Bertz CT molecular complexity index is 443. The molecule has 0 aromatic heterocycles. The molecule has 3 N–H and O–H groups in total. The van der Waals surface area contributed by atoms with Gasteiger partial charge >= 0.3 is 0 Å². The zero-order valence-corrected chi connectivity index (χ0v) is 12.3. The molecule has 1 aliphatic rings. The van der Waals surface area contributed by atoms with Gasteiger partial charge in [0, 0.05) is 18.3 Å². The highest BCUT2D eigenvalue weighted by Gasteiger charge is 2.29. The summed E-state index contributed by atoms with van der Waals surface area (Å²) in [6.07, 6.45) is 4.79. The van der Waals surface area contributed by atoms with Gasteiger partial charge in [-0.1, -0.05) is 31.5 Å². The van der Waals surface area contributed by atoms with Crippen LogP contribution in [0, 0.1) is 0 Å². The van der Waals surface area contributed by atoms with Crippen LogP contribution in [0.15, 0.2) is 24.3 Å². The van der Waals surface area contributed by atoms with E-state index in [1.165, 1.54) is 19.3 Å². The Balaban J connectivity index is 1.90. The smallest absolute Gasteiger partial charge is 0.238 e. The lowest BCUT2D eigenvalue weighted by molar-refractivity contribution is -0.117. The number of nitrogens with one attached hydrogen (secondary N) is 1. The maximum atomic E-state index is 12.2. The first kappa shape index (κ1) is 15.0. The summed E-state index contributed by atoms with van der Waals surface area (Å²) < 4.78 is 0. The molecular formula is C16H25N3O. The Kier molecular flexibility index (Phi) is 5.56. The minimum Gasteiger partial charge on any atom is -0.326 e. The molecule has 1 fully saturated rings. The standard InChI is InChI=1S/C16H25N3O/c1-2-3-10-19(14-8-9-14)12-16(20)18-15-7-5-4-6-13(15)11-17/h4-7,14H,2-3,8-12,17H2,1H3,(H,18,20). The van der Waals surface area contributed by atoms with Crippen molar-refractivity contribution in [2.75, 3.05) is 18.4 Å². The van der Waals surface area contributed by atoms with Crippen molar-refractivity contribution in [3.05, 3.63) is 29.8 Å². The van der Waals surface area contributed by atoms with Gasteiger partial charge in [0.05, 0.1) is 6.54 Å². The highest BCUT2D eigenvalue weighted by Crippen LogP contribution is 2.27. The number of carbonyl (C=O) groups is 1. The van der Waals surface area contributed by atoms with Crippen molar-refractivity contribution in [3.8, 4) is 0 Å². The molecule has 0 unspecified atom stereocenters. The molecule has 110 valence electrons. The molecule has 0 radical (unpaired) electrons. The summed E-state index contributed by atoms with van der Waals surface area (Å²) in [5.41, 5.74) is 7.51. The van der Waals surface area contributed by atoms with Crippen LogP contribution in [0.2, 0.25) is 0 Å². The molecular weight excluding hydrogens is 250 g/mol. The summed E-state index contributed by atoms with van der Waals surface area (Å²) >= 11 is 0. The Morgan fingerprint density at radius 1 is 1.40 bits per heavy atom. The fourth-order valence-corrected chi connectivity index (χ4v) is 2.39. The van der Waals surface area contributed by atoms with E-state index in [0.29, 0.717) is 19.1 Å². The van der Waals surface area contributed by atoms with Crippen LogP contribution >= 0.6 is 0 Å². The van der Waals surface area contributed by atoms with Gasteiger partial charge in [-0.05, 0) is 37.4 Å². The molecule has 1 aromatic rings. The second-order valence-electron chi connectivity index (χ2n) is 5.46. The fourth-order valence-electron chi connectivity index (χ4n) is 2.39. The average molecular weight is 275 g/mol. The van der Waals surface area contributed by atoms with Gasteiger partial charge in [-0.2, -0.15) is 0 Å². The number of nitrogens with zero attached hydrogens (tertiary/aromatic N) is 1. The average Bonchev–Trinajstić information content (AvgIpc) is 3.28. The maximum Gasteiger partial charge on any atom is 0.238 e. The first-order valence-corrected chi connectivity index (χ1v) is 7.56. The van der Waals surface area contributed by atoms with E-state index >= 15 is 0 Å². The number of rotatable bonds is 8. The molecule has 1 aliphatic carbocycles. The molecule has 4 heteroatoms. The van der Waals surface area contributed by atoms with Crippen LogP contribution in [0.5, 0.6) is 0 Å². The minimum absolute atomic E-state index is 0.0638. The quantitative estimate of drug-likeness (QED) is 0.765. The number of benzene rings is 1. The topological polar surface area (TPSA) is 58.4 Å². The lowest BCUT2D eigenvalue weighted by Crippen LogP contribution is -2.35. The summed E-state index contributed by atoms with van der Waals surface area (Å²) in [6, 6.07) is 8.34. The number of nitrogens with two attached hydrogens (primary N) is 1. The Morgan fingerprint density at radius 2 is 2.15 bits per heavy atom. The van der Waals surface area contributed by atoms with Gasteiger partial charge in [0.15, 0.2) is 0 Å². The van der Waals surface area contributed by atoms with Gasteiger partial charge in [-0.25, -0.2) is 0 Å². The van der Waals surface area contributed by atoms with Crippen LogP contribution in [0.1, 0.15) is 38.2 Å². The molecule has 0 saturated heterocycles. The van der Waals surface area contributed by atoms with E-state index in [9.17, 15) is 4.79 Å². The van der Waals surface area contributed by atoms with Gasteiger partial charge in [0.2, 0.25) is 5.91 Å². The molecule has 0 bridgehead atoms. The molecule has 20 heavy (non-hydrogen) atoms. The number of hydrogen-bond acceptors (Lipinski definition) is 3. The molecule has 1 aromatic carbocycles. The number of anilines is 1. The zero-order valence-electron chi connectivity index (χ0n) is 12.3. The van der Waals surface area contributed by atoms with Crippen LogP contribution in [-0.2, 0) is 11.3 Å². The number of carbonyl (C=O) groups excluding carboxylic acids is 1. The van der Waals surface area contributed by atoms with Crippen LogP contribution in [0.3, 0.4) is 0 Å². The van der Waals surface area contributed by atoms with Crippen molar-refractivity contribution < 1.29 is 4.79 Å². The monoisotopic (exact) mass is 275 g/mol. The lowest BCUT2D eigenvalue weighted by Gasteiger charge is -2.21. The second-order valence-corrected chi connectivity index (χ2v) is 5.46. The molecule has 1 amide bonds. The zero-order chi connectivity index (χ0) is 14.4. The molecule has 0 atom stereocenters. The highest BCUT2D eigenvalue weighted by atomic mass is 16.2. The molecule has 0 aliphatic heterocycles. The van der Waals surface area contributed by atoms with Crippen molar-refractivity contribution in [2.24, 2.45) is 5.73 Å². The third-order valence-electron chi connectivity index (χ3n) is 3.72. The van der Waals surface area contributed by atoms with Gasteiger partial charge in [-0.3, -0.25) is 9.69 Å². The summed E-state index contributed by atoms with van der Waals surface area (Å²) in [6.45, 7) is 4.14. The second kappa shape index (κ2) is 7.41. The predicted octanol–water partition coefficient (Wildman–Crippen LogP) is 2.35. The highest BCUT2D eigenvalue weighted by molar-refractivity contribution is 5.93. The van der Waals surface area contributed by atoms with E-state index in [1.807, 2.05) is 24.3 Å². The predicted molar refractivity (Wildman–Crippen MR) is 82.5 cm³/mol. The lowest BCUT2D eigenvalue weighted by atomic mass is 10.2. The third-order valence-corrected chi connectivity index (χ3v) is 3.72. The van der Waals surface area contributed by atoms with Crippen LogP contribution in [-0.4, -0.2) is 29.9 Å². The molecule has 0 spiro atoms. The van der Waals surface area contributed by atoms with E-state index in [0.717, 1.165) is 24.2 Å². The first-order chi connectivity index (χ1) is 9.74. The van der Waals surface area contributed by atoms with E-state index in [1.54, 1.807) is 0 Å². The van der Waals surface area contributed by atoms with Gasteiger partial charge in [0.1, 0.15) is 0 Å². The van der Waals surface area contributed by atoms with Crippen LogP contribution in [0.25, 0.3) is 0 Å². The largest absolute Gasteiger partial charge is 0.326 e. The van der Waals surface area contributed by atoms with Crippen molar-refractivity contribution >= 4 is 11.6 Å². The van der Waals surface area contributed by atoms with Crippen LogP contribution < -0.4 is 11.1 Å². The van der Waals surface area contributed by atoms with Crippen molar-refractivity contribution in [3.63, 3.8) is 0 Å². The number of amides is 1. The number of hydrogen-bond donors (Lipinski definition) is 2. The Morgan fingerprint density at radius 3 is 2.80 bits per heavy atom. The number of para-hydroxylation sites is 1. The van der Waals surface area contributed by atoms with Crippen molar-refractivity contribution in [2.45, 2.75) is 45.2 Å². The Hall–Kier alpha value is -1.39. The minimum atomic E-state index is 0.0638. The van der Waals surface area contributed by atoms with Gasteiger partial charge in [-0.15, -0.1) is 0 Å². The van der Waals surface area contributed by atoms with E-state index < -0.39 is 0 Å². The SMILES string of the molecule is CCCCN(CC(=O)Nc1ccccc1CN)C1CC1. The molecule has 0 heterocycles. The first-order valence-electron chi connectivity index (χ1n) is 7.56. The van der Waals surface area contributed by atoms with Crippen molar-refractivity contribution in [1.82, 2.24) is 4.90 Å². The van der Waals surface area contributed by atoms with Gasteiger partial charge in [0.25, 0.3) is 0 Å². The van der Waals surface area contributed by atoms with E-state index in [-0.39, 0.29) is 5.91 Å². The molecule has 1 saturated carbocycles. The summed E-state index contributed by atoms with van der Waals surface area (Å²) in [5, 5.41) is 2.99. The summed E-state index contributed by atoms with van der Waals surface area (Å²) in [7, 11) is 0. The maximum absolute atomic E-state index is 12.2. The molecule has 4 nitrogen and oxygen atoms in total. The third kappa shape index (κ3) is 4.32. The number of unbranched alkanes of at least 4 members (excludes halogenated alkanes) is 1. The van der Waals surface area contributed by atoms with Crippen LogP contribution in [0.4, 0.5) is 5.69 Å². The fraction of sp³-hybridized carbons (Fsp3) is 0.562.